The molecule has 1 aromatic heterocycles. The Kier molecular flexibility index (Phi) is 3.93. The number of nitrogens with one attached hydrogen (secondary N) is 1. The van der Waals surface area contributed by atoms with Crippen LogP contribution in [0.5, 0.6) is 0 Å². The molecule has 1 N–H and O–H groups in total. The third-order valence-corrected chi connectivity index (χ3v) is 4.26. The Morgan fingerprint density at radius 3 is 2.75 bits per heavy atom. The van der Waals surface area contributed by atoms with Gasteiger partial charge in [-0.05, 0) is 31.2 Å². The van der Waals surface area contributed by atoms with E-state index in [9.17, 15) is 8.42 Å². The van der Waals surface area contributed by atoms with Gasteiger partial charge in [-0.25, -0.2) is 8.42 Å². The molecule has 102 valence electrons. The van der Waals surface area contributed by atoms with Crippen LogP contribution < -0.4 is 4.72 Å². The first-order valence-electron chi connectivity index (χ1n) is 5.58. The number of nitrogens with zero attached hydrogens (tertiary/aromatic N) is 2. The maximum Gasteiger partial charge on any atom is 0.263 e. The first kappa shape index (κ1) is 14.3. The summed E-state index contributed by atoms with van der Waals surface area (Å²) in [5.74, 6) is 0. The smallest absolute Gasteiger partial charge is 0.263 e. The number of aryl methyl sites for hydroxylation is 1. The van der Waals surface area contributed by atoms with Gasteiger partial charge in [0.05, 0.1) is 16.3 Å². The van der Waals surface area contributed by atoms with Gasteiger partial charge in [-0.2, -0.15) is 5.26 Å². The fraction of sp³-hybridized carbons (Fsp3) is 0.0769. The van der Waals surface area contributed by atoms with Crippen LogP contribution >= 0.6 is 11.6 Å². The molecule has 0 amide bonds. The highest BCUT2D eigenvalue weighted by atomic mass is 35.5. The van der Waals surface area contributed by atoms with E-state index in [1.165, 1.54) is 30.5 Å². The summed E-state index contributed by atoms with van der Waals surface area (Å²) in [4.78, 5) is 3.83. The molecule has 0 saturated heterocycles. The molecule has 0 radical (unpaired) electrons. The molecule has 0 aliphatic rings. The molecular formula is C13H10ClN3O2S. The number of nitriles is 1. The van der Waals surface area contributed by atoms with Gasteiger partial charge in [-0.15, -0.1) is 0 Å². The van der Waals surface area contributed by atoms with Crippen molar-refractivity contribution in [1.82, 2.24) is 4.98 Å². The van der Waals surface area contributed by atoms with Gasteiger partial charge in [0.1, 0.15) is 11.0 Å². The number of aromatic nitrogens is 1. The van der Waals surface area contributed by atoms with Gasteiger partial charge in [0.15, 0.2) is 0 Å². The fourth-order valence-corrected chi connectivity index (χ4v) is 3.16. The van der Waals surface area contributed by atoms with Crippen molar-refractivity contribution in [2.75, 3.05) is 4.72 Å². The monoisotopic (exact) mass is 307 g/mol. The lowest BCUT2D eigenvalue weighted by Crippen LogP contribution is -2.14. The van der Waals surface area contributed by atoms with Crippen molar-refractivity contribution in [3.8, 4) is 6.07 Å². The van der Waals surface area contributed by atoms with E-state index in [1.54, 1.807) is 19.1 Å². The van der Waals surface area contributed by atoms with Crippen LogP contribution in [0.2, 0.25) is 5.02 Å². The Labute approximate surface area is 121 Å². The molecule has 0 aliphatic carbocycles. The second kappa shape index (κ2) is 5.49. The number of hydrogen-bond donors (Lipinski definition) is 1. The molecule has 1 heterocycles. The number of rotatable bonds is 3. The van der Waals surface area contributed by atoms with E-state index in [2.05, 4.69) is 9.71 Å². The van der Waals surface area contributed by atoms with Crippen LogP contribution in [-0.4, -0.2) is 13.4 Å². The minimum atomic E-state index is -3.88. The summed E-state index contributed by atoms with van der Waals surface area (Å²) in [6.07, 6.45) is 1.50. The van der Waals surface area contributed by atoms with Crippen LogP contribution in [0.1, 0.15) is 11.3 Å². The highest BCUT2D eigenvalue weighted by Gasteiger charge is 2.20. The molecule has 0 aliphatic heterocycles. The summed E-state index contributed by atoms with van der Waals surface area (Å²) in [6.45, 7) is 1.75. The van der Waals surface area contributed by atoms with Gasteiger partial charge < -0.3 is 0 Å². The van der Waals surface area contributed by atoms with Crippen LogP contribution in [-0.2, 0) is 10.0 Å². The molecule has 0 saturated carbocycles. The maximum absolute atomic E-state index is 12.3. The standard InChI is InChI=1S/C13H10ClN3O2S/c1-9-7-10(5-6-16-9)17-20(18,19)13-4-2-3-12(14)11(13)8-15/h2-7H,1H3,(H,16,17). The van der Waals surface area contributed by atoms with E-state index < -0.39 is 10.0 Å². The molecule has 0 atom stereocenters. The Bertz CT molecular complexity index is 798. The third kappa shape index (κ3) is 2.90. The van der Waals surface area contributed by atoms with E-state index in [4.69, 9.17) is 16.9 Å². The number of anilines is 1. The van der Waals surface area contributed by atoms with Crippen molar-refractivity contribution in [3.05, 3.63) is 52.8 Å². The van der Waals surface area contributed by atoms with E-state index in [0.717, 1.165) is 0 Å². The molecule has 5 nitrogen and oxygen atoms in total. The molecule has 2 aromatic rings. The highest BCUT2D eigenvalue weighted by Crippen LogP contribution is 2.24. The Hall–Kier alpha value is -2.10. The maximum atomic E-state index is 12.3. The van der Waals surface area contributed by atoms with E-state index in [-0.39, 0.29) is 15.5 Å². The summed E-state index contributed by atoms with van der Waals surface area (Å²) in [7, 11) is -3.88. The fourth-order valence-electron chi connectivity index (χ4n) is 1.66. The van der Waals surface area contributed by atoms with Crippen molar-refractivity contribution in [2.45, 2.75) is 11.8 Å². The molecule has 0 bridgehead atoms. The van der Waals surface area contributed by atoms with Crippen molar-refractivity contribution in [1.29, 1.82) is 5.26 Å². The summed E-state index contributed by atoms with van der Waals surface area (Å²) < 4.78 is 27.0. The normalized spacial score (nSPS) is 10.8. The molecule has 0 fully saturated rings. The Morgan fingerprint density at radius 2 is 2.10 bits per heavy atom. The van der Waals surface area contributed by atoms with Gasteiger partial charge in [0, 0.05) is 11.9 Å². The molecule has 0 spiro atoms. The number of benzene rings is 1. The van der Waals surface area contributed by atoms with Gasteiger partial charge in [-0.3, -0.25) is 9.71 Å². The van der Waals surface area contributed by atoms with Gasteiger partial charge >= 0.3 is 0 Å². The predicted molar refractivity (Wildman–Crippen MR) is 75.9 cm³/mol. The van der Waals surface area contributed by atoms with Crippen LogP contribution in [0.25, 0.3) is 0 Å². The number of hydrogen-bond acceptors (Lipinski definition) is 4. The zero-order chi connectivity index (χ0) is 14.8. The first-order chi connectivity index (χ1) is 9.44. The number of pyridine rings is 1. The summed E-state index contributed by atoms with van der Waals surface area (Å²) in [5, 5.41) is 9.13. The Balaban J connectivity index is 2.47. The minimum absolute atomic E-state index is 0.0764. The molecule has 20 heavy (non-hydrogen) atoms. The van der Waals surface area contributed by atoms with Crippen molar-refractivity contribution in [3.63, 3.8) is 0 Å². The lowest BCUT2D eigenvalue weighted by atomic mass is 10.2. The third-order valence-electron chi connectivity index (χ3n) is 2.53. The topological polar surface area (TPSA) is 82.9 Å². The van der Waals surface area contributed by atoms with E-state index in [0.29, 0.717) is 11.4 Å². The van der Waals surface area contributed by atoms with E-state index >= 15 is 0 Å². The van der Waals surface area contributed by atoms with E-state index in [1.807, 2.05) is 0 Å². The van der Waals surface area contributed by atoms with Gasteiger partial charge in [0.2, 0.25) is 0 Å². The lowest BCUT2D eigenvalue weighted by molar-refractivity contribution is 0.601. The zero-order valence-electron chi connectivity index (χ0n) is 10.5. The number of halogens is 1. The van der Waals surface area contributed by atoms with Crippen LogP contribution in [0.4, 0.5) is 5.69 Å². The molecule has 0 unspecified atom stereocenters. The van der Waals surface area contributed by atoms with Crippen molar-refractivity contribution >= 4 is 27.3 Å². The average Bonchev–Trinajstić information content (AvgIpc) is 2.38. The average molecular weight is 308 g/mol. The lowest BCUT2D eigenvalue weighted by Gasteiger charge is -2.10. The van der Waals surface area contributed by atoms with Gasteiger partial charge in [0.25, 0.3) is 10.0 Å². The Morgan fingerprint density at radius 1 is 1.35 bits per heavy atom. The molecule has 7 heteroatoms. The molecular weight excluding hydrogens is 298 g/mol. The summed E-state index contributed by atoms with van der Waals surface area (Å²) in [5.41, 5.74) is 0.977. The van der Waals surface area contributed by atoms with Gasteiger partial charge in [-0.1, -0.05) is 17.7 Å². The molecule has 1 aromatic carbocycles. The van der Waals surface area contributed by atoms with Crippen molar-refractivity contribution < 1.29 is 8.42 Å². The highest BCUT2D eigenvalue weighted by molar-refractivity contribution is 7.92. The summed E-state index contributed by atoms with van der Waals surface area (Å²) >= 11 is 5.84. The largest absolute Gasteiger partial charge is 0.279 e. The minimum Gasteiger partial charge on any atom is -0.279 e. The van der Waals surface area contributed by atoms with Crippen LogP contribution in [0, 0.1) is 18.3 Å². The SMILES string of the molecule is Cc1cc(NS(=O)(=O)c2cccc(Cl)c2C#N)ccn1. The molecule has 2 rings (SSSR count). The second-order valence-electron chi connectivity index (χ2n) is 4.02. The summed E-state index contributed by atoms with van der Waals surface area (Å²) in [6, 6.07) is 9.21. The quantitative estimate of drug-likeness (QED) is 0.945. The first-order valence-corrected chi connectivity index (χ1v) is 7.44. The zero-order valence-corrected chi connectivity index (χ0v) is 12.0. The van der Waals surface area contributed by atoms with Crippen molar-refractivity contribution in [2.24, 2.45) is 0 Å². The van der Waals surface area contributed by atoms with Crippen LogP contribution in [0.15, 0.2) is 41.4 Å². The van der Waals surface area contributed by atoms with Crippen LogP contribution in [0.3, 0.4) is 0 Å². The predicted octanol–water partition coefficient (Wildman–Crippen LogP) is 2.72. The number of sulfonamides is 1. The second-order valence-corrected chi connectivity index (χ2v) is 6.07.